The summed E-state index contributed by atoms with van der Waals surface area (Å²) in [6.45, 7) is 7.93. The number of anilines is 2. The largest absolute Gasteiger partial charge is 0.372 e. The molecule has 0 bridgehead atoms. The van der Waals surface area contributed by atoms with Gasteiger partial charge in [0.15, 0.2) is 0 Å². The van der Waals surface area contributed by atoms with Crippen LogP contribution in [0.5, 0.6) is 0 Å². The molecule has 4 rings (SSSR count). The van der Waals surface area contributed by atoms with E-state index in [9.17, 15) is 4.79 Å². The summed E-state index contributed by atoms with van der Waals surface area (Å²) in [4.78, 5) is 17.6. The van der Waals surface area contributed by atoms with E-state index in [0.29, 0.717) is 5.56 Å². The number of likely N-dealkylation sites (tertiary alicyclic amines) is 1. The fourth-order valence-corrected chi connectivity index (χ4v) is 4.56. The monoisotopic (exact) mass is 391 g/mol. The number of nitrogens with zero attached hydrogens (tertiary/aromatic N) is 2. The van der Waals surface area contributed by atoms with Crippen LogP contribution in [0.3, 0.4) is 0 Å². The highest BCUT2D eigenvalue weighted by molar-refractivity contribution is 6.04. The number of carbonyl (C=O) groups excluding carboxylic acids is 1. The minimum absolute atomic E-state index is 0.0473. The first kappa shape index (κ1) is 20.0. The lowest BCUT2D eigenvalue weighted by molar-refractivity contribution is 0.102. The van der Waals surface area contributed by atoms with E-state index >= 15 is 0 Å². The van der Waals surface area contributed by atoms with Crippen LogP contribution < -0.4 is 10.2 Å². The fraction of sp³-hybridized carbons (Fsp3) is 0.480. The molecule has 0 spiro atoms. The van der Waals surface area contributed by atoms with Gasteiger partial charge in [0.25, 0.3) is 5.91 Å². The van der Waals surface area contributed by atoms with Crippen LogP contribution >= 0.6 is 0 Å². The predicted molar refractivity (Wildman–Crippen MR) is 121 cm³/mol. The van der Waals surface area contributed by atoms with Gasteiger partial charge in [-0.3, -0.25) is 9.69 Å². The molecule has 2 fully saturated rings. The predicted octanol–water partition coefficient (Wildman–Crippen LogP) is 5.16. The molecule has 29 heavy (non-hydrogen) atoms. The first-order valence-corrected chi connectivity index (χ1v) is 11.1. The van der Waals surface area contributed by atoms with Gasteiger partial charge in [0.1, 0.15) is 0 Å². The van der Waals surface area contributed by atoms with E-state index in [4.69, 9.17) is 0 Å². The molecule has 2 saturated heterocycles. The van der Waals surface area contributed by atoms with Crippen molar-refractivity contribution in [3.63, 3.8) is 0 Å². The molecule has 1 atom stereocenters. The lowest BCUT2D eigenvalue weighted by Gasteiger charge is -2.30. The molecule has 0 aliphatic carbocycles. The maximum atomic E-state index is 12.6. The maximum Gasteiger partial charge on any atom is 0.255 e. The van der Waals surface area contributed by atoms with E-state index in [-0.39, 0.29) is 5.91 Å². The lowest BCUT2D eigenvalue weighted by atomic mass is 9.99. The standard InChI is InChI=1S/C25H33N3O/c1-20-6-5-15-27(18-20)19-21-7-9-22(10-8-21)25(29)26-23-11-13-24(14-12-23)28-16-3-2-4-17-28/h7-14,20H,2-6,15-19H2,1H3,(H,26,29)/t20-/m0/s1. The zero-order chi connectivity index (χ0) is 20.1. The van der Waals surface area contributed by atoms with Crippen molar-refractivity contribution in [3.8, 4) is 0 Å². The van der Waals surface area contributed by atoms with Crippen LogP contribution in [0, 0.1) is 5.92 Å². The molecule has 1 amide bonds. The topological polar surface area (TPSA) is 35.6 Å². The molecule has 0 saturated carbocycles. The molecule has 2 aliphatic heterocycles. The van der Waals surface area contributed by atoms with Crippen LogP contribution in [0.1, 0.15) is 54.9 Å². The number of hydrogen-bond acceptors (Lipinski definition) is 3. The molecule has 1 N–H and O–H groups in total. The molecule has 4 nitrogen and oxygen atoms in total. The third-order valence-electron chi connectivity index (χ3n) is 6.21. The normalized spacial score (nSPS) is 20.4. The lowest BCUT2D eigenvalue weighted by Crippen LogP contribution is -2.33. The third-order valence-corrected chi connectivity index (χ3v) is 6.21. The molecule has 2 aromatic rings. The van der Waals surface area contributed by atoms with Gasteiger partial charge in [0.2, 0.25) is 0 Å². The molecule has 2 heterocycles. The average Bonchev–Trinajstić information content (AvgIpc) is 2.75. The number of benzene rings is 2. The summed E-state index contributed by atoms with van der Waals surface area (Å²) in [5.74, 6) is 0.740. The van der Waals surface area contributed by atoms with Crippen molar-refractivity contribution in [1.82, 2.24) is 4.90 Å². The Morgan fingerprint density at radius 1 is 0.931 bits per heavy atom. The van der Waals surface area contributed by atoms with E-state index in [1.54, 1.807) is 0 Å². The van der Waals surface area contributed by atoms with Crippen molar-refractivity contribution >= 4 is 17.3 Å². The van der Waals surface area contributed by atoms with Gasteiger partial charge in [-0.25, -0.2) is 0 Å². The summed E-state index contributed by atoms with van der Waals surface area (Å²) >= 11 is 0. The van der Waals surface area contributed by atoms with E-state index in [0.717, 1.165) is 31.2 Å². The molecule has 2 aromatic carbocycles. The summed E-state index contributed by atoms with van der Waals surface area (Å²) in [7, 11) is 0. The second kappa shape index (κ2) is 9.45. The van der Waals surface area contributed by atoms with E-state index < -0.39 is 0 Å². The molecule has 4 heteroatoms. The molecule has 0 radical (unpaired) electrons. The Balaban J connectivity index is 1.32. The van der Waals surface area contributed by atoms with Crippen LogP contribution in [-0.4, -0.2) is 37.0 Å². The van der Waals surface area contributed by atoms with Crippen LogP contribution in [0.4, 0.5) is 11.4 Å². The number of piperidine rings is 2. The molecule has 0 unspecified atom stereocenters. The van der Waals surface area contributed by atoms with Crippen molar-refractivity contribution < 1.29 is 4.79 Å². The van der Waals surface area contributed by atoms with Crippen LogP contribution in [0.15, 0.2) is 48.5 Å². The summed E-state index contributed by atoms with van der Waals surface area (Å²) < 4.78 is 0. The third kappa shape index (κ3) is 5.39. The summed E-state index contributed by atoms with van der Waals surface area (Å²) in [5.41, 5.74) is 4.09. The summed E-state index contributed by atoms with van der Waals surface area (Å²) in [5, 5.41) is 3.03. The van der Waals surface area contributed by atoms with Gasteiger partial charge in [-0.2, -0.15) is 0 Å². The summed E-state index contributed by atoms with van der Waals surface area (Å²) in [6.07, 6.45) is 6.50. The highest BCUT2D eigenvalue weighted by Crippen LogP contribution is 2.22. The smallest absolute Gasteiger partial charge is 0.255 e. The van der Waals surface area contributed by atoms with Gasteiger partial charge in [0, 0.05) is 43.1 Å². The van der Waals surface area contributed by atoms with Gasteiger partial charge in [-0.05, 0) is 86.5 Å². The Bertz CT molecular complexity index is 794. The van der Waals surface area contributed by atoms with Gasteiger partial charge < -0.3 is 10.2 Å². The minimum atomic E-state index is -0.0473. The van der Waals surface area contributed by atoms with Gasteiger partial charge in [-0.15, -0.1) is 0 Å². The van der Waals surface area contributed by atoms with Crippen molar-refractivity contribution in [2.75, 3.05) is 36.4 Å². The molecular weight excluding hydrogens is 358 g/mol. The van der Waals surface area contributed by atoms with Crippen LogP contribution in [0.25, 0.3) is 0 Å². The number of nitrogens with one attached hydrogen (secondary N) is 1. The zero-order valence-corrected chi connectivity index (χ0v) is 17.6. The summed E-state index contributed by atoms with van der Waals surface area (Å²) in [6, 6.07) is 16.3. The Morgan fingerprint density at radius 2 is 1.66 bits per heavy atom. The first-order chi connectivity index (χ1) is 14.2. The number of rotatable bonds is 5. The Kier molecular flexibility index (Phi) is 6.50. The quantitative estimate of drug-likeness (QED) is 0.764. The average molecular weight is 392 g/mol. The highest BCUT2D eigenvalue weighted by Gasteiger charge is 2.16. The molecule has 154 valence electrons. The van der Waals surface area contributed by atoms with E-state index in [1.807, 2.05) is 24.3 Å². The molecular formula is C25H33N3O. The van der Waals surface area contributed by atoms with Crippen molar-refractivity contribution in [2.24, 2.45) is 5.92 Å². The first-order valence-electron chi connectivity index (χ1n) is 11.1. The van der Waals surface area contributed by atoms with Gasteiger partial charge in [-0.1, -0.05) is 19.1 Å². The van der Waals surface area contributed by atoms with Gasteiger partial charge in [0.05, 0.1) is 0 Å². The Morgan fingerprint density at radius 3 is 2.34 bits per heavy atom. The second-order valence-corrected chi connectivity index (χ2v) is 8.73. The zero-order valence-electron chi connectivity index (χ0n) is 17.6. The van der Waals surface area contributed by atoms with Gasteiger partial charge >= 0.3 is 0 Å². The van der Waals surface area contributed by atoms with Crippen molar-refractivity contribution in [3.05, 3.63) is 59.7 Å². The minimum Gasteiger partial charge on any atom is -0.372 e. The molecule has 2 aliphatic rings. The van der Waals surface area contributed by atoms with E-state index in [2.05, 4.69) is 46.3 Å². The SMILES string of the molecule is C[C@H]1CCCN(Cc2ccc(C(=O)Nc3ccc(N4CCCCC4)cc3)cc2)C1. The van der Waals surface area contributed by atoms with Crippen molar-refractivity contribution in [2.45, 2.75) is 45.6 Å². The Labute approximate surface area is 174 Å². The number of amides is 1. The van der Waals surface area contributed by atoms with Crippen LogP contribution in [0.2, 0.25) is 0 Å². The fourth-order valence-electron chi connectivity index (χ4n) is 4.56. The number of carbonyl (C=O) groups is 1. The maximum absolute atomic E-state index is 12.6. The van der Waals surface area contributed by atoms with E-state index in [1.165, 1.54) is 56.4 Å². The van der Waals surface area contributed by atoms with Crippen molar-refractivity contribution in [1.29, 1.82) is 0 Å². The number of hydrogen-bond donors (Lipinski definition) is 1. The Hall–Kier alpha value is -2.33. The van der Waals surface area contributed by atoms with Crippen LogP contribution in [-0.2, 0) is 6.54 Å². The second-order valence-electron chi connectivity index (χ2n) is 8.73. The molecule has 0 aromatic heterocycles. The highest BCUT2D eigenvalue weighted by atomic mass is 16.1.